The highest BCUT2D eigenvalue weighted by molar-refractivity contribution is 5.90. The molecule has 0 saturated heterocycles. The monoisotopic (exact) mass is 274 g/mol. The van der Waals surface area contributed by atoms with Crippen molar-refractivity contribution in [1.29, 1.82) is 0 Å². The Morgan fingerprint density at radius 1 is 1.50 bits per heavy atom. The van der Waals surface area contributed by atoms with Gasteiger partial charge >= 0.3 is 5.97 Å². The summed E-state index contributed by atoms with van der Waals surface area (Å²) in [4.78, 5) is 15.8. The molecular formula is C15H18N2O3. The van der Waals surface area contributed by atoms with Crippen LogP contribution < -0.4 is 5.32 Å². The van der Waals surface area contributed by atoms with E-state index in [0.717, 1.165) is 5.69 Å². The summed E-state index contributed by atoms with van der Waals surface area (Å²) in [6.07, 6.45) is 1.76. The normalized spacial score (nSPS) is 12.2. The second-order valence-corrected chi connectivity index (χ2v) is 4.53. The molecule has 5 heteroatoms. The zero-order valence-electron chi connectivity index (χ0n) is 11.8. The second-order valence-electron chi connectivity index (χ2n) is 4.53. The second kappa shape index (κ2) is 6.34. The van der Waals surface area contributed by atoms with Gasteiger partial charge in [0.2, 0.25) is 0 Å². The SMILES string of the molecule is COC(=O)c1cc(CN[C@@H](C)c2ccccn2)oc1C. The Labute approximate surface area is 118 Å². The van der Waals surface area contributed by atoms with Crippen LogP contribution in [0.3, 0.4) is 0 Å². The Morgan fingerprint density at radius 3 is 2.95 bits per heavy atom. The molecule has 2 aromatic heterocycles. The van der Waals surface area contributed by atoms with Crippen LogP contribution in [0.4, 0.5) is 0 Å². The zero-order valence-corrected chi connectivity index (χ0v) is 11.8. The number of carbonyl (C=O) groups is 1. The van der Waals surface area contributed by atoms with Crippen LogP contribution in [-0.4, -0.2) is 18.1 Å². The molecule has 0 spiro atoms. The lowest BCUT2D eigenvalue weighted by Crippen LogP contribution is -2.18. The highest BCUT2D eigenvalue weighted by atomic mass is 16.5. The zero-order chi connectivity index (χ0) is 14.5. The summed E-state index contributed by atoms with van der Waals surface area (Å²) in [5, 5.41) is 3.30. The van der Waals surface area contributed by atoms with Gasteiger partial charge in [0.15, 0.2) is 0 Å². The molecule has 20 heavy (non-hydrogen) atoms. The fraction of sp³-hybridized carbons (Fsp3) is 0.333. The number of aryl methyl sites for hydroxylation is 1. The van der Waals surface area contributed by atoms with Gasteiger partial charge in [0, 0.05) is 12.2 Å². The van der Waals surface area contributed by atoms with Crippen molar-refractivity contribution in [2.75, 3.05) is 7.11 Å². The van der Waals surface area contributed by atoms with Crippen molar-refractivity contribution in [2.24, 2.45) is 0 Å². The van der Waals surface area contributed by atoms with Gasteiger partial charge in [-0.05, 0) is 32.0 Å². The highest BCUT2D eigenvalue weighted by Crippen LogP contribution is 2.17. The summed E-state index contributed by atoms with van der Waals surface area (Å²) in [6, 6.07) is 7.61. The van der Waals surface area contributed by atoms with Crippen LogP contribution >= 0.6 is 0 Å². The Balaban J connectivity index is 1.99. The van der Waals surface area contributed by atoms with E-state index in [1.54, 1.807) is 19.2 Å². The number of hydrogen-bond acceptors (Lipinski definition) is 5. The summed E-state index contributed by atoms with van der Waals surface area (Å²) in [5.74, 6) is 0.889. The first-order valence-electron chi connectivity index (χ1n) is 6.43. The van der Waals surface area contributed by atoms with Gasteiger partial charge in [-0.3, -0.25) is 4.98 Å². The van der Waals surface area contributed by atoms with Crippen LogP contribution in [0.25, 0.3) is 0 Å². The third-order valence-corrected chi connectivity index (χ3v) is 3.09. The van der Waals surface area contributed by atoms with Crippen molar-refractivity contribution >= 4 is 5.97 Å². The predicted molar refractivity (Wildman–Crippen MR) is 74.3 cm³/mol. The minimum absolute atomic E-state index is 0.100. The molecule has 2 heterocycles. The quantitative estimate of drug-likeness (QED) is 0.849. The maximum atomic E-state index is 11.5. The van der Waals surface area contributed by atoms with E-state index in [9.17, 15) is 4.79 Å². The van der Waals surface area contributed by atoms with Crippen LogP contribution in [0.1, 0.15) is 40.5 Å². The van der Waals surface area contributed by atoms with Crippen LogP contribution in [0.5, 0.6) is 0 Å². The number of pyridine rings is 1. The topological polar surface area (TPSA) is 64.4 Å². The minimum Gasteiger partial charge on any atom is -0.465 e. The van der Waals surface area contributed by atoms with Crippen molar-refractivity contribution in [3.05, 3.63) is 53.2 Å². The fourth-order valence-electron chi connectivity index (χ4n) is 1.93. The number of ether oxygens (including phenoxy) is 1. The van der Waals surface area contributed by atoms with E-state index in [4.69, 9.17) is 9.15 Å². The Bertz CT molecular complexity index is 578. The number of rotatable bonds is 5. The summed E-state index contributed by atoms with van der Waals surface area (Å²) < 4.78 is 10.2. The van der Waals surface area contributed by atoms with E-state index in [1.807, 2.05) is 25.1 Å². The van der Waals surface area contributed by atoms with E-state index in [1.165, 1.54) is 7.11 Å². The molecule has 0 fully saturated rings. The molecule has 0 aliphatic heterocycles. The van der Waals surface area contributed by atoms with Gasteiger partial charge in [-0.1, -0.05) is 6.07 Å². The van der Waals surface area contributed by atoms with Gasteiger partial charge in [-0.2, -0.15) is 0 Å². The molecule has 0 radical (unpaired) electrons. The van der Waals surface area contributed by atoms with E-state index in [0.29, 0.717) is 23.6 Å². The van der Waals surface area contributed by atoms with Crippen molar-refractivity contribution < 1.29 is 13.9 Å². The first kappa shape index (κ1) is 14.3. The molecule has 2 aromatic rings. The average Bonchev–Trinajstić information content (AvgIpc) is 2.86. The number of nitrogens with zero attached hydrogens (tertiary/aromatic N) is 1. The number of hydrogen-bond donors (Lipinski definition) is 1. The Kier molecular flexibility index (Phi) is 4.53. The summed E-state index contributed by atoms with van der Waals surface area (Å²) >= 11 is 0. The number of furan rings is 1. The number of nitrogens with one attached hydrogen (secondary N) is 1. The molecule has 0 amide bonds. The van der Waals surface area contributed by atoms with Crippen LogP contribution in [-0.2, 0) is 11.3 Å². The molecule has 0 aliphatic rings. The third-order valence-electron chi connectivity index (χ3n) is 3.09. The molecule has 2 rings (SSSR count). The summed E-state index contributed by atoms with van der Waals surface area (Å²) in [5.41, 5.74) is 1.43. The predicted octanol–water partition coefficient (Wildman–Crippen LogP) is 2.62. The van der Waals surface area contributed by atoms with E-state index in [-0.39, 0.29) is 12.0 Å². The average molecular weight is 274 g/mol. The molecule has 106 valence electrons. The molecule has 0 bridgehead atoms. The van der Waals surface area contributed by atoms with Gasteiger partial charge < -0.3 is 14.5 Å². The Morgan fingerprint density at radius 2 is 2.30 bits per heavy atom. The van der Waals surface area contributed by atoms with Crippen molar-refractivity contribution in [3.63, 3.8) is 0 Å². The minimum atomic E-state index is -0.379. The smallest absolute Gasteiger partial charge is 0.341 e. The summed E-state index contributed by atoms with van der Waals surface area (Å²) in [6.45, 7) is 4.30. The van der Waals surface area contributed by atoms with E-state index in [2.05, 4.69) is 10.3 Å². The van der Waals surface area contributed by atoms with Crippen LogP contribution in [0, 0.1) is 6.92 Å². The lowest BCUT2D eigenvalue weighted by molar-refractivity contribution is 0.0599. The Hall–Kier alpha value is -2.14. The third kappa shape index (κ3) is 3.24. The largest absolute Gasteiger partial charge is 0.465 e. The number of esters is 1. The van der Waals surface area contributed by atoms with Crippen molar-refractivity contribution in [1.82, 2.24) is 10.3 Å². The first-order chi connectivity index (χ1) is 9.61. The number of methoxy groups -OCH3 is 1. The first-order valence-corrected chi connectivity index (χ1v) is 6.43. The molecule has 0 aliphatic carbocycles. The van der Waals surface area contributed by atoms with Crippen LogP contribution in [0.2, 0.25) is 0 Å². The molecular weight excluding hydrogens is 256 g/mol. The molecule has 5 nitrogen and oxygen atoms in total. The molecule has 1 atom stereocenters. The maximum absolute atomic E-state index is 11.5. The molecule has 0 unspecified atom stereocenters. The van der Waals surface area contributed by atoms with Gasteiger partial charge in [-0.25, -0.2) is 4.79 Å². The van der Waals surface area contributed by atoms with Gasteiger partial charge in [0.25, 0.3) is 0 Å². The van der Waals surface area contributed by atoms with Gasteiger partial charge in [0.1, 0.15) is 17.1 Å². The molecule has 0 aromatic carbocycles. The fourth-order valence-corrected chi connectivity index (χ4v) is 1.93. The lowest BCUT2D eigenvalue weighted by atomic mass is 10.2. The van der Waals surface area contributed by atoms with E-state index < -0.39 is 0 Å². The highest BCUT2D eigenvalue weighted by Gasteiger charge is 2.15. The van der Waals surface area contributed by atoms with Gasteiger partial charge in [-0.15, -0.1) is 0 Å². The van der Waals surface area contributed by atoms with Crippen molar-refractivity contribution in [2.45, 2.75) is 26.4 Å². The summed E-state index contributed by atoms with van der Waals surface area (Å²) in [7, 11) is 1.36. The standard InChI is InChI=1S/C15H18N2O3/c1-10(14-6-4-5-7-16-14)17-9-12-8-13(11(2)20-12)15(18)19-3/h4-8,10,17H,9H2,1-3H3/t10-/m0/s1. The van der Waals surface area contributed by atoms with Gasteiger partial charge in [0.05, 0.1) is 19.3 Å². The number of carbonyl (C=O) groups excluding carboxylic acids is 1. The lowest BCUT2D eigenvalue weighted by Gasteiger charge is -2.11. The molecule has 0 saturated carbocycles. The van der Waals surface area contributed by atoms with Crippen LogP contribution in [0.15, 0.2) is 34.9 Å². The maximum Gasteiger partial charge on any atom is 0.341 e. The molecule has 1 N–H and O–H groups in total. The number of aromatic nitrogens is 1. The van der Waals surface area contributed by atoms with E-state index >= 15 is 0 Å². The van der Waals surface area contributed by atoms with Crippen molar-refractivity contribution in [3.8, 4) is 0 Å².